The number of amides is 2. The molecular formula is C22H33N3O6. The van der Waals surface area contributed by atoms with E-state index < -0.39 is 11.9 Å². The van der Waals surface area contributed by atoms with Gasteiger partial charge in [-0.3, -0.25) is 14.4 Å². The van der Waals surface area contributed by atoms with Gasteiger partial charge in [0.1, 0.15) is 12.4 Å². The molecule has 9 heteroatoms. The molecular weight excluding hydrogens is 402 g/mol. The molecule has 1 aliphatic heterocycles. The minimum atomic E-state index is -0.988. The van der Waals surface area contributed by atoms with Gasteiger partial charge in [-0.25, -0.2) is 0 Å². The first-order valence-electron chi connectivity index (χ1n) is 10.9. The van der Waals surface area contributed by atoms with E-state index in [1.807, 2.05) is 0 Å². The molecule has 0 atom stereocenters. The minimum Gasteiger partial charge on any atom is -0.491 e. The first-order valence-corrected chi connectivity index (χ1v) is 10.9. The molecule has 0 aromatic heterocycles. The second-order valence-electron chi connectivity index (χ2n) is 7.47. The van der Waals surface area contributed by atoms with Crippen molar-refractivity contribution in [3.8, 4) is 5.75 Å². The van der Waals surface area contributed by atoms with Crippen LogP contribution in [0.4, 0.5) is 5.69 Å². The van der Waals surface area contributed by atoms with Crippen LogP contribution in [0.25, 0.3) is 0 Å². The van der Waals surface area contributed by atoms with Crippen LogP contribution < -0.4 is 20.7 Å². The lowest BCUT2D eigenvalue weighted by molar-refractivity contribution is -0.136. The quantitative estimate of drug-likeness (QED) is 0.350. The summed E-state index contributed by atoms with van der Waals surface area (Å²) in [6.07, 6.45) is 4.62. The molecule has 31 heavy (non-hydrogen) atoms. The van der Waals surface area contributed by atoms with Gasteiger partial charge in [0.15, 0.2) is 0 Å². The third kappa shape index (κ3) is 9.35. The SMILES string of the molecule is CCCCCOc1ccc(C(=O)NCCC(=O)O)cc1NC(=O)COC1CCNCC1. The van der Waals surface area contributed by atoms with E-state index in [0.717, 1.165) is 45.2 Å². The van der Waals surface area contributed by atoms with Crippen LogP contribution in [0.5, 0.6) is 5.75 Å². The number of hydrogen-bond donors (Lipinski definition) is 4. The summed E-state index contributed by atoms with van der Waals surface area (Å²) < 4.78 is 11.5. The van der Waals surface area contributed by atoms with Crippen molar-refractivity contribution in [1.29, 1.82) is 0 Å². The molecule has 0 aliphatic carbocycles. The number of carbonyl (C=O) groups is 3. The highest BCUT2D eigenvalue weighted by atomic mass is 16.5. The first kappa shape index (κ1) is 24.6. The Morgan fingerprint density at radius 2 is 1.97 bits per heavy atom. The van der Waals surface area contributed by atoms with Crippen molar-refractivity contribution in [1.82, 2.24) is 10.6 Å². The molecule has 0 saturated carbocycles. The van der Waals surface area contributed by atoms with Crippen LogP contribution in [0.2, 0.25) is 0 Å². The summed E-state index contributed by atoms with van der Waals surface area (Å²) in [6.45, 7) is 4.31. The highest BCUT2D eigenvalue weighted by Crippen LogP contribution is 2.26. The Labute approximate surface area is 182 Å². The van der Waals surface area contributed by atoms with Gasteiger partial charge in [-0.15, -0.1) is 0 Å². The zero-order valence-corrected chi connectivity index (χ0v) is 18.1. The van der Waals surface area contributed by atoms with Crippen LogP contribution in [0.1, 0.15) is 55.8 Å². The zero-order chi connectivity index (χ0) is 22.5. The molecule has 0 spiro atoms. The predicted octanol–water partition coefficient (Wildman–Crippen LogP) is 2.17. The Morgan fingerprint density at radius 3 is 2.68 bits per heavy atom. The number of carboxylic acids is 1. The Hall–Kier alpha value is -2.65. The van der Waals surface area contributed by atoms with E-state index in [4.69, 9.17) is 14.6 Å². The Balaban J connectivity index is 2.00. The van der Waals surface area contributed by atoms with E-state index in [1.165, 1.54) is 6.07 Å². The number of hydrogen-bond acceptors (Lipinski definition) is 6. The molecule has 4 N–H and O–H groups in total. The summed E-state index contributed by atoms with van der Waals surface area (Å²) in [5.41, 5.74) is 0.696. The van der Waals surface area contributed by atoms with Crippen molar-refractivity contribution < 1.29 is 29.0 Å². The lowest BCUT2D eigenvalue weighted by Gasteiger charge is -2.22. The average Bonchev–Trinajstić information content (AvgIpc) is 2.76. The van der Waals surface area contributed by atoms with Crippen molar-refractivity contribution in [3.63, 3.8) is 0 Å². The van der Waals surface area contributed by atoms with E-state index >= 15 is 0 Å². The summed E-state index contributed by atoms with van der Waals surface area (Å²) in [7, 11) is 0. The fourth-order valence-corrected chi connectivity index (χ4v) is 3.16. The number of benzene rings is 1. The third-order valence-corrected chi connectivity index (χ3v) is 4.88. The minimum absolute atomic E-state index is 0.0230. The monoisotopic (exact) mass is 435 g/mol. The van der Waals surface area contributed by atoms with Crippen molar-refractivity contribution in [2.75, 3.05) is 38.2 Å². The Kier molecular flexibility index (Phi) is 10.8. The van der Waals surface area contributed by atoms with E-state index in [2.05, 4.69) is 22.9 Å². The van der Waals surface area contributed by atoms with E-state index in [1.54, 1.807) is 12.1 Å². The molecule has 0 bridgehead atoms. The number of carbonyl (C=O) groups excluding carboxylic acids is 2. The van der Waals surface area contributed by atoms with Crippen molar-refractivity contribution in [3.05, 3.63) is 23.8 Å². The largest absolute Gasteiger partial charge is 0.491 e. The smallest absolute Gasteiger partial charge is 0.305 e. The molecule has 1 aliphatic rings. The summed E-state index contributed by atoms with van der Waals surface area (Å²) in [5.74, 6) is -1.24. The number of rotatable bonds is 13. The van der Waals surface area contributed by atoms with Gasteiger partial charge in [0.2, 0.25) is 5.91 Å². The molecule has 1 saturated heterocycles. The molecule has 0 unspecified atom stereocenters. The molecule has 1 aromatic rings. The van der Waals surface area contributed by atoms with Crippen LogP contribution in [0, 0.1) is 0 Å². The van der Waals surface area contributed by atoms with Gasteiger partial charge in [0.25, 0.3) is 5.91 Å². The summed E-state index contributed by atoms with van der Waals surface area (Å²) in [5, 5.41) is 17.3. The van der Waals surface area contributed by atoms with Crippen LogP contribution in [0.15, 0.2) is 18.2 Å². The van der Waals surface area contributed by atoms with Crippen LogP contribution in [-0.4, -0.2) is 61.8 Å². The van der Waals surface area contributed by atoms with Gasteiger partial charge < -0.3 is 30.5 Å². The summed E-state index contributed by atoms with van der Waals surface area (Å²) >= 11 is 0. The maximum Gasteiger partial charge on any atom is 0.305 e. The average molecular weight is 436 g/mol. The van der Waals surface area contributed by atoms with E-state index in [0.29, 0.717) is 23.6 Å². The van der Waals surface area contributed by atoms with Crippen molar-refractivity contribution >= 4 is 23.5 Å². The number of carboxylic acid groups (broad SMARTS) is 1. The number of piperidine rings is 1. The molecule has 2 rings (SSSR count). The number of ether oxygens (including phenoxy) is 2. The van der Waals surface area contributed by atoms with Crippen molar-refractivity contribution in [2.45, 2.75) is 51.6 Å². The summed E-state index contributed by atoms with van der Waals surface area (Å²) in [6, 6.07) is 4.77. The second-order valence-corrected chi connectivity index (χ2v) is 7.47. The maximum atomic E-state index is 12.4. The highest BCUT2D eigenvalue weighted by molar-refractivity contribution is 5.98. The number of anilines is 1. The van der Waals surface area contributed by atoms with E-state index in [9.17, 15) is 14.4 Å². The van der Waals surface area contributed by atoms with Crippen LogP contribution in [0.3, 0.4) is 0 Å². The molecule has 2 amide bonds. The number of nitrogens with one attached hydrogen (secondary N) is 3. The highest BCUT2D eigenvalue weighted by Gasteiger charge is 2.17. The van der Waals surface area contributed by atoms with Gasteiger partial charge in [-0.1, -0.05) is 19.8 Å². The number of aliphatic carboxylic acids is 1. The van der Waals surface area contributed by atoms with Gasteiger partial charge in [0.05, 0.1) is 24.8 Å². The lowest BCUT2D eigenvalue weighted by Crippen LogP contribution is -2.34. The standard InChI is InChI=1S/C22H33N3O6/c1-2-3-4-13-30-19-6-5-16(22(29)24-12-9-21(27)28)14-18(19)25-20(26)15-31-17-7-10-23-11-8-17/h5-6,14,17,23H,2-4,7-13,15H2,1H3,(H,24,29)(H,25,26)(H,27,28). The number of unbranched alkanes of at least 4 members (excludes halogenated alkanes) is 2. The zero-order valence-electron chi connectivity index (χ0n) is 18.1. The summed E-state index contributed by atoms with van der Waals surface area (Å²) in [4.78, 5) is 35.4. The maximum absolute atomic E-state index is 12.4. The van der Waals surface area contributed by atoms with Crippen LogP contribution in [-0.2, 0) is 14.3 Å². The fraction of sp³-hybridized carbons (Fsp3) is 0.591. The first-order chi connectivity index (χ1) is 15.0. The van der Waals surface area contributed by atoms with Crippen LogP contribution >= 0.6 is 0 Å². The van der Waals surface area contributed by atoms with Gasteiger partial charge in [0, 0.05) is 12.1 Å². The fourth-order valence-electron chi connectivity index (χ4n) is 3.16. The van der Waals surface area contributed by atoms with E-state index in [-0.39, 0.29) is 31.6 Å². The van der Waals surface area contributed by atoms with Gasteiger partial charge >= 0.3 is 5.97 Å². The van der Waals surface area contributed by atoms with Gasteiger partial charge in [-0.2, -0.15) is 0 Å². The Bertz CT molecular complexity index is 734. The normalized spacial score (nSPS) is 14.1. The van der Waals surface area contributed by atoms with Crippen molar-refractivity contribution in [2.24, 2.45) is 0 Å². The lowest BCUT2D eigenvalue weighted by atomic mass is 10.1. The topological polar surface area (TPSA) is 126 Å². The van der Waals surface area contributed by atoms with Gasteiger partial charge in [-0.05, 0) is 50.6 Å². The molecule has 1 fully saturated rings. The molecule has 0 radical (unpaired) electrons. The predicted molar refractivity (Wildman–Crippen MR) is 117 cm³/mol. The Morgan fingerprint density at radius 1 is 1.19 bits per heavy atom. The molecule has 1 aromatic carbocycles. The molecule has 9 nitrogen and oxygen atoms in total. The second kappa shape index (κ2) is 13.6. The molecule has 172 valence electrons. The molecule has 1 heterocycles. The third-order valence-electron chi connectivity index (χ3n) is 4.88.